The van der Waals surface area contributed by atoms with E-state index in [0.717, 1.165) is 27.8 Å². The summed E-state index contributed by atoms with van der Waals surface area (Å²) in [6, 6.07) is 27.7. The maximum absolute atomic E-state index is 13.9. The fourth-order valence-electron chi connectivity index (χ4n) is 4.90. The molecule has 0 aliphatic carbocycles. The van der Waals surface area contributed by atoms with Gasteiger partial charge < -0.3 is 5.32 Å². The Morgan fingerprint density at radius 3 is 2.24 bits per heavy atom. The van der Waals surface area contributed by atoms with Crippen LogP contribution in [0, 0.1) is 5.41 Å². The highest BCUT2D eigenvalue weighted by Crippen LogP contribution is 2.32. The van der Waals surface area contributed by atoms with Crippen molar-refractivity contribution in [2.24, 2.45) is 5.41 Å². The van der Waals surface area contributed by atoms with E-state index in [1.54, 1.807) is 24.3 Å². The predicted molar refractivity (Wildman–Crippen MR) is 188 cm³/mol. The molecule has 0 bridgehead atoms. The Kier molecular flexibility index (Phi) is 11.6. The van der Waals surface area contributed by atoms with Gasteiger partial charge in [0.25, 0.3) is 10.1 Å². The first-order valence-corrected chi connectivity index (χ1v) is 17.3. The van der Waals surface area contributed by atoms with E-state index >= 15 is 0 Å². The minimum absolute atomic E-state index is 0.000709. The van der Waals surface area contributed by atoms with E-state index in [1.807, 2.05) is 66.7 Å². The number of Topliss-reactive ketones (excluding diaryl/α,β-unsaturated/α-hetero) is 1. The highest BCUT2D eigenvalue weighted by Gasteiger charge is 2.22. The maximum Gasteiger partial charge on any atom is 0.264 e. The van der Waals surface area contributed by atoms with Crippen LogP contribution in [0.4, 0.5) is 5.69 Å². The van der Waals surface area contributed by atoms with Crippen LogP contribution in [0.5, 0.6) is 0 Å². The normalized spacial score (nSPS) is 12.7. The molecule has 0 aliphatic heterocycles. The second-order valence-corrected chi connectivity index (χ2v) is 14.7. The third-order valence-corrected chi connectivity index (χ3v) is 8.67. The van der Waals surface area contributed by atoms with Gasteiger partial charge in [-0.3, -0.25) is 14.1 Å². The standard InChI is InChI=1S/C37H37Cl2NO5S/c1-37(2,3)20-19-25-6-4-7-29(22-25)33(23-26-9-11-28(12-10-26)35(41)8-5-21-46(43,44)45)36(42)40-31-16-13-27(14-17-31)32-18-15-30(38)24-34(32)39/h4,6-7,9-20,22,24,33H,5,8,21,23H2,1-3H3,(H,40,42)(H,43,44,45)/b20-19+. The van der Waals surface area contributed by atoms with Gasteiger partial charge in [-0.25, -0.2) is 0 Å². The van der Waals surface area contributed by atoms with Gasteiger partial charge in [0.1, 0.15) is 0 Å². The van der Waals surface area contributed by atoms with Crippen molar-refractivity contribution in [1.29, 1.82) is 0 Å². The topological polar surface area (TPSA) is 101 Å². The maximum atomic E-state index is 13.9. The second-order valence-electron chi connectivity index (χ2n) is 12.3. The fourth-order valence-corrected chi connectivity index (χ4v) is 5.92. The number of anilines is 1. The average Bonchev–Trinajstić information content (AvgIpc) is 2.99. The first-order valence-electron chi connectivity index (χ1n) is 14.9. The molecule has 1 unspecified atom stereocenters. The van der Waals surface area contributed by atoms with E-state index < -0.39 is 21.8 Å². The van der Waals surface area contributed by atoms with E-state index in [4.69, 9.17) is 27.8 Å². The summed E-state index contributed by atoms with van der Waals surface area (Å²) in [6.07, 6.45) is 4.61. The van der Waals surface area contributed by atoms with Crippen molar-refractivity contribution in [2.75, 3.05) is 11.1 Å². The van der Waals surface area contributed by atoms with Gasteiger partial charge in [-0.15, -0.1) is 0 Å². The van der Waals surface area contributed by atoms with Crippen LogP contribution in [0.1, 0.15) is 66.6 Å². The average molecular weight is 679 g/mol. The molecule has 0 fully saturated rings. The molecular weight excluding hydrogens is 641 g/mol. The molecule has 46 heavy (non-hydrogen) atoms. The minimum Gasteiger partial charge on any atom is -0.326 e. The van der Waals surface area contributed by atoms with Crippen LogP contribution in [0.25, 0.3) is 17.2 Å². The molecule has 240 valence electrons. The van der Waals surface area contributed by atoms with Gasteiger partial charge in [0.15, 0.2) is 5.78 Å². The lowest BCUT2D eigenvalue weighted by molar-refractivity contribution is -0.117. The molecule has 0 radical (unpaired) electrons. The third-order valence-electron chi connectivity index (χ3n) is 7.32. The largest absolute Gasteiger partial charge is 0.326 e. The van der Waals surface area contributed by atoms with E-state index in [-0.39, 0.29) is 29.9 Å². The van der Waals surface area contributed by atoms with Gasteiger partial charge >= 0.3 is 0 Å². The van der Waals surface area contributed by atoms with Crippen molar-refractivity contribution in [1.82, 2.24) is 0 Å². The highest BCUT2D eigenvalue weighted by atomic mass is 35.5. The molecule has 1 atom stereocenters. The van der Waals surface area contributed by atoms with Crippen molar-refractivity contribution >= 4 is 56.8 Å². The number of allylic oxidation sites excluding steroid dienone is 1. The summed E-state index contributed by atoms with van der Waals surface area (Å²) < 4.78 is 30.9. The molecule has 0 aliphatic rings. The van der Waals surface area contributed by atoms with E-state index in [2.05, 4.69) is 38.2 Å². The van der Waals surface area contributed by atoms with Gasteiger partial charge in [0.05, 0.1) is 11.7 Å². The molecular formula is C37H37Cl2NO5S. The monoisotopic (exact) mass is 677 g/mol. The number of benzene rings is 4. The van der Waals surface area contributed by atoms with Gasteiger partial charge in [-0.05, 0) is 64.8 Å². The first-order chi connectivity index (χ1) is 21.7. The van der Waals surface area contributed by atoms with Crippen molar-refractivity contribution in [3.05, 3.63) is 129 Å². The molecule has 0 heterocycles. The zero-order valence-corrected chi connectivity index (χ0v) is 28.3. The smallest absolute Gasteiger partial charge is 0.264 e. The summed E-state index contributed by atoms with van der Waals surface area (Å²) in [5.74, 6) is -1.40. The van der Waals surface area contributed by atoms with Crippen molar-refractivity contribution in [3.8, 4) is 11.1 Å². The molecule has 2 N–H and O–H groups in total. The number of amides is 1. The zero-order chi connectivity index (χ0) is 33.5. The van der Waals surface area contributed by atoms with Crippen LogP contribution < -0.4 is 5.32 Å². The Hall–Kier alpha value is -3.75. The molecule has 4 aromatic carbocycles. The Bertz CT molecular complexity index is 1830. The first kappa shape index (κ1) is 35.1. The molecule has 9 heteroatoms. The molecule has 0 aromatic heterocycles. The fraction of sp³-hybridized carbons (Fsp3) is 0.243. The lowest BCUT2D eigenvalue weighted by atomic mass is 9.89. The van der Waals surface area contributed by atoms with Crippen LogP contribution in [-0.4, -0.2) is 30.4 Å². The summed E-state index contributed by atoms with van der Waals surface area (Å²) in [7, 11) is -4.12. The summed E-state index contributed by atoms with van der Waals surface area (Å²) in [5, 5.41) is 4.16. The predicted octanol–water partition coefficient (Wildman–Crippen LogP) is 9.54. The second kappa shape index (κ2) is 15.2. The van der Waals surface area contributed by atoms with E-state index in [9.17, 15) is 18.0 Å². The van der Waals surface area contributed by atoms with Crippen LogP contribution in [0.3, 0.4) is 0 Å². The Labute approximate surface area is 281 Å². The van der Waals surface area contributed by atoms with Crippen LogP contribution >= 0.6 is 23.2 Å². The quantitative estimate of drug-likeness (QED) is 0.115. The Morgan fingerprint density at radius 2 is 1.61 bits per heavy atom. The Balaban J connectivity index is 1.56. The van der Waals surface area contributed by atoms with Crippen LogP contribution in [-0.2, 0) is 21.3 Å². The van der Waals surface area contributed by atoms with Crippen LogP contribution in [0.2, 0.25) is 10.0 Å². The Morgan fingerprint density at radius 1 is 0.913 bits per heavy atom. The van der Waals surface area contributed by atoms with Crippen molar-refractivity contribution in [3.63, 3.8) is 0 Å². The molecule has 1 amide bonds. The number of ketones is 1. The summed E-state index contributed by atoms with van der Waals surface area (Å²) in [5.41, 5.74) is 5.50. The molecule has 0 spiro atoms. The number of carbonyl (C=O) groups excluding carboxylic acids is 2. The van der Waals surface area contributed by atoms with Gasteiger partial charge in [0, 0.05) is 33.3 Å². The number of nitrogens with one attached hydrogen (secondary N) is 1. The van der Waals surface area contributed by atoms with Crippen molar-refractivity contribution < 1.29 is 22.6 Å². The molecule has 6 nitrogen and oxygen atoms in total. The van der Waals surface area contributed by atoms with E-state index in [1.165, 1.54) is 0 Å². The zero-order valence-electron chi connectivity index (χ0n) is 26.0. The molecule has 4 rings (SSSR count). The lowest BCUT2D eigenvalue weighted by Crippen LogP contribution is -2.23. The van der Waals surface area contributed by atoms with Gasteiger partial charge in [-0.2, -0.15) is 8.42 Å². The number of halogens is 2. The highest BCUT2D eigenvalue weighted by molar-refractivity contribution is 7.85. The third kappa shape index (κ3) is 10.7. The summed E-state index contributed by atoms with van der Waals surface area (Å²) in [6.45, 7) is 6.37. The lowest BCUT2D eigenvalue weighted by Gasteiger charge is -2.19. The number of hydrogen-bond donors (Lipinski definition) is 2. The number of carbonyl (C=O) groups is 2. The van der Waals surface area contributed by atoms with Crippen LogP contribution in [0.15, 0.2) is 97.1 Å². The molecule has 0 saturated carbocycles. The number of rotatable bonds is 12. The summed E-state index contributed by atoms with van der Waals surface area (Å²) in [4.78, 5) is 26.4. The van der Waals surface area contributed by atoms with E-state index in [0.29, 0.717) is 27.7 Å². The minimum atomic E-state index is -4.12. The number of hydrogen-bond acceptors (Lipinski definition) is 4. The SMILES string of the molecule is CC(C)(C)/C=C/c1cccc(C(Cc2ccc(C(=O)CCCS(=O)(=O)O)cc2)C(=O)Nc2ccc(-c3ccc(Cl)cc3Cl)cc2)c1. The van der Waals surface area contributed by atoms with Crippen molar-refractivity contribution in [2.45, 2.75) is 46.0 Å². The molecule has 4 aromatic rings. The summed E-state index contributed by atoms with van der Waals surface area (Å²) >= 11 is 12.4. The van der Waals surface area contributed by atoms with Gasteiger partial charge in [0.2, 0.25) is 5.91 Å². The van der Waals surface area contributed by atoms with Gasteiger partial charge in [-0.1, -0.05) is 123 Å². The molecule has 0 saturated heterocycles.